The fourth-order valence-corrected chi connectivity index (χ4v) is 5.61. The van der Waals surface area contributed by atoms with E-state index < -0.39 is 0 Å². The van der Waals surface area contributed by atoms with Crippen LogP contribution in [0.3, 0.4) is 0 Å². The molecule has 2 aliphatic rings. The molecule has 1 fully saturated rings. The molecule has 5 rings (SSSR count). The van der Waals surface area contributed by atoms with Crippen LogP contribution in [0.2, 0.25) is 0 Å². The molecule has 2 aromatic heterocycles. The largest absolute Gasteiger partial charge is 0.497 e. The minimum Gasteiger partial charge on any atom is -0.497 e. The monoisotopic (exact) mass is 440 g/mol. The van der Waals surface area contributed by atoms with Gasteiger partial charge in [-0.25, -0.2) is 0 Å². The minimum absolute atomic E-state index is 0.0788. The van der Waals surface area contributed by atoms with E-state index in [1.807, 2.05) is 18.2 Å². The summed E-state index contributed by atoms with van der Waals surface area (Å²) >= 11 is 1.45. The molecule has 1 aromatic carbocycles. The van der Waals surface area contributed by atoms with Gasteiger partial charge in [0.2, 0.25) is 5.82 Å². The molecule has 0 aliphatic carbocycles. The Labute approximate surface area is 184 Å². The number of aromatic nitrogens is 3. The third kappa shape index (κ3) is 3.77. The highest BCUT2D eigenvalue weighted by Crippen LogP contribution is 2.43. The standard InChI is InChI=1S/C22H24N4O4S/c1-13-11-25(12-14(2)30-13)18(15-6-4-7-16(10-15)28-3)19-21(27)26-22(31-19)23-20(24-26)17-8-5-9-29-17/h4-10,13-14,18-19H,11-12H2,1-3H3. The van der Waals surface area contributed by atoms with Crippen LogP contribution in [0.4, 0.5) is 0 Å². The van der Waals surface area contributed by atoms with Gasteiger partial charge >= 0.3 is 0 Å². The molecule has 0 saturated carbocycles. The number of furan rings is 1. The Balaban J connectivity index is 1.50. The van der Waals surface area contributed by atoms with Crippen molar-refractivity contribution in [3.63, 3.8) is 0 Å². The number of hydrogen-bond acceptors (Lipinski definition) is 8. The number of nitrogens with zero attached hydrogens (tertiary/aromatic N) is 4. The Morgan fingerprint density at radius 1 is 1.19 bits per heavy atom. The number of rotatable bonds is 5. The molecular formula is C22H24N4O4S. The number of fused-ring (bicyclic) bond motifs is 1. The van der Waals surface area contributed by atoms with Crippen LogP contribution >= 0.6 is 11.8 Å². The summed E-state index contributed by atoms with van der Waals surface area (Å²) in [6.07, 6.45) is 1.73. The molecule has 4 unspecified atom stereocenters. The van der Waals surface area contributed by atoms with Gasteiger partial charge in [-0.05, 0) is 43.7 Å². The van der Waals surface area contributed by atoms with Crippen LogP contribution in [-0.4, -0.2) is 63.2 Å². The fraction of sp³-hybridized carbons (Fsp3) is 0.409. The first-order valence-corrected chi connectivity index (χ1v) is 11.2. The SMILES string of the molecule is COc1cccc(C(C2Sc3nc(-c4ccco4)nn3C2=O)N2CC(C)OC(C)C2)c1. The third-order valence-corrected chi connectivity index (χ3v) is 6.76. The van der Waals surface area contributed by atoms with E-state index in [0.717, 1.165) is 24.4 Å². The molecule has 0 spiro atoms. The number of benzene rings is 1. The van der Waals surface area contributed by atoms with Crippen LogP contribution in [0.1, 0.15) is 30.2 Å². The van der Waals surface area contributed by atoms with Gasteiger partial charge in [0.15, 0.2) is 10.9 Å². The lowest BCUT2D eigenvalue weighted by molar-refractivity contribution is -0.0804. The molecule has 3 aromatic rings. The van der Waals surface area contributed by atoms with E-state index in [-0.39, 0.29) is 29.4 Å². The molecule has 4 heterocycles. The number of thioether (sulfide) groups is 1. The Bertz CT molecular complexity index is 1070. The van der Waals surface area contributed by atoms with Crippen molar-refractivity contribution in [2.24, 2.45) is 0 Å². The van der Waals surface area contributed by atoms with Gasteiger partial charge in [0.1, 0.15) is 11.0 Å². The normalized spacial score (nSPS) is 24.9. The predicted molar refractivity (Wildman–Crippen MR) is 115 cm³/mol. The maximum Gasteiger partial charge on any atom is 0.264 e. The predicted octanol–water partition coefficient (Wildman–Crippen LogP) is 3.51. The van der Waals surface area contributed by atoms with Crippen molar-refractivity contribution in [2.75, 3.05) is 20.2 Å². The first kappa shape index (κ1) is 20.3. The molecule has 0 amide bonds. The van der Waals surface area contributed by atoms with Crippen LogP contribution in [0.25, 0.3) is 11.6 Å². The van der Waals surface area contributed by atoms with Gasteiger partial charge in [0, 0.05) is 13.1 Å². The number of carbonyl (C=O) groups is 1. The number of morpholine rings is 1. The lowest BCUT2D eigenvalue weighted by Gasteiger charge is -2.41. The van der Waals surface area contributed by atoms with Crippen molar-refractivity contribution in [3.8, 4) is 17.3 Å². The quantitative estimate of drug-likeness (QED) is 0.596. The molecule has 1 saturated heterocycles. The maximum atomic E-state index is 13.5. The molecule has 0 N–H and O–H groups in total. The second-order valence-electron chi connectivity index (χ2n) is 7.92. The maximum absolute atomic E-state index is 13.5. The Kier molecular flexibility index (Phi) is 5.33. The third-order valence-electron chi connectivity index (χ3n) is 5.57. The molecule has 4 atom stereocenters. The van der Waals surface area contributed by atoms with Crippen molar-refractivity contribution in [2.45, 2.75) is 42.5 Å². The van der Waals surface area contributed by atoms with E-state index in [9.17, 15) is 4.79 Å². The minimum atomic E-state index is -0.370. The molecule has 31 heavy (non-hydrogen) atoms. The summed E-state index contributed by atoms with van der Waals surface area (Å²) in [6.45, 7) is 5.61. The molecule has 8 nitrogen and oxygen atoms in total. The Morgan fingerprint density at radius 2 is 2.00 bits per heavy atom. The van der Waals surface area contributed by atoms with Gasteiger partial charge in [-0.3, -0.25) is 9.69 Å². The number of hydrogen-bond donors (Lipinski definition) is 0. The summed E-state index contributed by atoms with van der Waals surface area (Å²) < 4.78 is 18.2. The Morgan fingerprint density at radius 3 is 2.68 bits per heavy atom. The molecule has 9 heteroatoms. The molecule has 162 valence electrons. The average molecular weight is 441 g/mol. The van der Waals surface area contributed by atoms with Crippen LogP contribution in [-0.2, 0) is 4.74 Å². The van der Waals surface area contributed by atoms with Crippen molar-refractivity contribution in [3.05, 3.63) is 48.2 Å². The number of carbonyl (C=O) groups excluding carboxylic acids is 1. The van der Waals surface area contributed by atoms with Crippen LogP contribution in [0.5, 0.6) is 5.75 Å². The summed E-state index contributed by atoms with van der Waals surface area (Å²) in [7, 11) is 1.65. The highest BCUT2D eigenvalue weighted by molar-refractivity contribution is 8.00. The van der Waals surface area contributed by atoms with Gasteiger partial charge < -0.3 is 13.9 Å². The zero-order chi connectivity index (χ0) is 21.5. The lowest BCUT2D eigenvalue weighted by Crippen LogP contribution is -2.50. The number of methoxy groups -OCH3 is 1. The smallest absolute Gasteiger partial charge is 0.264 e. The van der Waals surface area contributed by atoms with Crippen LogP contribution < -0.4 is 4.74 Å². The van der Waals surface area contributed by atoms with E-state index >= 15 is 0 Å². The topological polar surface area (TPSA) is 82.6 Å². The first-order valence-electron chi connectivity index (χ1n) is 10.3. The number of ether oxygens (including phenoxy) is 2. The first-order chi connectivity index (χ1) is 15.0. The van der Waals surface area contributed by atoms with Gasteiger partial charge in [-0.2, -0.15) is 9.67 Å². The molecule has 2 aliphatic heterocycles. The lowest BCUT2D eigenvalue weighted by atomic mass is 9.99. The Hall–Kier alpha value is -2.62. The van der Waals surface area contributed by atoms with Gasteiger partial charge in [-0.1, -0.05) is 23.9 Å². The van der Waals surface area contributed by atoms with E-state index in [1.165, 1.54) is 16.4 Å². The van der Waals surface area contributed by atoms with Crippen LogP contribution in [0, 0.1) is 0 Å². The van der Waals surface area contributed by atoms with Crippen molar-refractivity contribution in [1.82, 2.24) is 19.7 Å². The molecule has 0 bridgehead atoms. The van der Waals surface area contributed by atoms with Crippen molar-refractivity contribution < 1.29 is 18.7 Å². The highest BCUT2D eigenvalue weighted by atomic mass is 32.2. The van der Waals surface area contributed by atoms with Gasteiger partial charge in [-0.15, -0.1) is 5.10 Å². The van der Waals surface area contributed by atoms with Crippen molar-refractivity contribution >= 4 is 17.7 Å². The highest BCUT2D eigenvalue weighted by Gasteiger charge is 2.44. The summed E-state index contributed by atoms with van der Waals surface area (Å²) in [6, 6.07) is 11.3. The second-order valence-corrected chi connectivity index (χ2v) is 9.03. The summed E-state index contributed by atoms with van der Waals surface area (Å²) in [5.41, 5.74) is 1.03. The average Bonchev–Trinajstić information content (AvgIpc) is 3.47. The summed E-state index contributed by atoms with van der Waals surface area (Å²) in [4.78, 5) is 20.4. The van der Waals surface area contributed by atoms with E-state index in [4.69, 9.17) is 13.9 Å². The van der Waals surface area contributed by atoms with Crippen molar-refractivity contribution in [1.29, 1.82) is 0 Å². The van der Waals surface area contributed by atoms with E-state index in [2.05, 4.69) is 34.9 Å². The fourth-order valence-electron chi connectivity index (χ4n) is 4.36. The molecular weight excluding hydrogens is 416 g/mol. The van der Waals surface area contributed by atoms with Gasteiger partial charge in [0.05, 0.1) is 31.6 Å². The second kappa shape index (κ2) is 8.14. The molecule has 0 radical (unpaired) electrons. The van der Waals surface area contributed by atoms with Gasteiger partial charge in [0.25, 0.3) is 5.91 Å². The zero-order valence-corrected chi connectivity index (χ0v) is 18.4. The van der Waals surface area contributed by atoms with E-state index in [1.54, 1.807) is 25.5 Å². The summed E-state index contributed by atoms with van der Waals surface area (Å²) in [5, 5.41) is 4.64. The summed E-state index contributed by atoms with van der Waals surface area (Å²) in [5.74, 6) is 1.66. The zero-order valence-electron chi connectivity index (χ0n) is 17.6. The van der Waals surface area contributed by atoms with E-state index in [0.29, 0.717) is 16.7 Å². The van der Waals surface area contributed by atoms with Crippen LogP contribution in [0.15, 0.2) is 52.2 Å².